The molecule has 1 aromatic heterocycles. The molecule has 0 saturated carbocycles. The van der Waals surface area contributed by atoms with Gasteiger partial charge in [0.15, 0.2) is 5.82 Å². The van der Waals surface area contributed by atoms with E-state index in [0.717, 1.165) is 25.6 Å². The smallest absolute Gasteiger partial charge is 0.161 e. The third-order valence-corrected chi connectivity index (χ3v) is 4.20. The number of aromatic nitrogens is 2. The van der Waals surface area contributed by atoms with Crippen LogP contribution in [0.1, 0.15) is 11.1 Å². The minimum atomic E-state index is 0.504. The van der Waals surface area contributed by atoms with Gasteiger partial charge in [0.05, 0.1) is 5.52 Å². The Morgan fingerprint density at radius 2 is 1.80 bits per heavy atom. The molecular formula is C16H12ClIN2. The SMILES string of the molecule is Cc1ccc(C)c(-c2nc(Cl)c3cc(I)ccc3n2)c1. The Bertz CT molecular complexity index is 815. The lowest BCUT2D eigenvalue weighted by atomic mass is 10.0. The molecule has 0 N–H and O–H groups in total. The molecule has 20 heavy (non-hydrogen) atoms. The summed E-state index contributed by atoms with van der Waals surface area (Å²) in [4.78, 5) is 9.12. The van der Waals surface area contributed by atoms with Crippen LogP contribution in [0.2, 0.25) is 5.15 Å². The quantitative estimate of drug-likeness (QED) is 0.420. The third-order valence-electron chi connectivity index (χ3n) is 3.25. The molecule has 0 saturated heterocycles. The second-order valence-corrected chi connectivity index (χ2v) is 6.42. The number of hydrogen-bond donors (Lipinski definition) is 0. The maximum Gasteiger partial charge on any atom is 0.161 e. The Kier molecular flexibility index (Phi) is 3.65. The van der Waals surface area contributed by atoms with Gasteiger partial charge in [-0.15, -0.1) is 0 Å². The standard InChI is InChI=1S/C16H12ClIN2/c1-9-3-4-10(2)12(7-9)16-19-14-6-5-11(18)8-13(14)15(17)20-16/h3-8H,1-2H3. The van der Waals surface area contributed by atoms with Crippen LogP contribution in [-0.2, 0) is 0 Å². The van der Waals surface area contributed by atoms with E-state index in [1.165, 1.54) is 5.56 Å². The molecule has 0 bridgehead atoms. The summed E-state index contributed by atoms with van der Waals surface area (Å²) < 4.78 is 1.13. The Morgan fingerprint density at radius 1 is 1.00 bits per heavy atom. The first kappa shape index (κ1) is 13.8. The highest BCUT2D eigenvalue weighted by molar-refractivity contribution is 14.1. The number of rotatable bonds is 1. The molecule has 0 aliphatic heterocycles. The van der Waals surface area contributed by atoms with Gasteiger partial charge < -0.3 is 0 Å². The van der Waals surface area contributed by atoms with Gasteiger partial charge in [-0.05, 0) is 66.3 Å². The Morgan fingerprint density at radius 3 is 2.60 bits per heavy atom. The largest absolute Gasteiger partial charge is 0.228 e. The summed E-state index contributed by atoms with van der Waals surface area (Å²) in [5.41, 5.74) is 4.25. The van der Waals surface area contributed by atoms with Crippen molar-refractivity contribution < 1.29 is 0 Å². The van der Waals surface area contributed by atoms with Crippen LogP contribution in [0, 0.1) is 17.4 Å². The van der Waals surface area contributed by atoms with Crippen molar-refractivity contribution in [3.8, 4) is 11.4 Å². The summed E-state index contributed by atoms with van der Waals surface area (Å²) in [6.45, 7) is 4.12. The molecule has 0 atom stereocenters. The van der Waals surface area contributed by atoms with Crippen LogP contribution >= 0.6 is 34.2 Å². The van der Waals surface area contributed by atoms with Gasteiger partial charge in [0.25, 0.3) is 0 Å². The molecule has 0 aliphatic carbocycles. The minimum absolute atomic E-state index is 0.504. The molecule has 2 aromatic carbocycles. The van der Waals surface area contributed by atoms with E-state index in [9.17, 15) is 0 Å². The van der Waals surface area contributed by atoms with Crippen LogP contribution in [0.25, 0.3) is 22.3 Å². The van der Waals surface area contributed by atoms with E-state index < -0.39 is 0 Å². The fourth-order valence-electron chi connectivity index (χ4n) is 2.16. The lowest BCUT2D eigenvalue weighted by Crippen LogP contribution is -1.94. The normalized spacial score (nSPS) is 11.0. The number of fused-ring (bicyclic) bond motifs is 1. The lowest BCUT2D eigenvalue weighted by Gasteiger charge is -2.08. The molecular weight excluding hydrogens is 383 g/mol. The maximum atomic E-state index is 6.32. The number of hydrogen-bond acceptors (Lipinski definition) is 2. The van der Waals surface area contributed by atoms with Crippen molar-refractivity contribution in [1.82, 2.24) is 9.97 Å². The first-order valence-electron chi connectivity index (χ1n) is 6.25. The van der Waals surface area contributed by atoms with Gasteiger partial charge in [-0.1, -0.05) is 29.3 Å². The van der Waals surface area contributed by atoms with E-state index in [2.05, 4.69) is 64.6 Å². The van der Waals surface area contributed by atoms with E-state index in [-0.39, 0.29) is 0 Å². The molecule has 3 aromatic rings. The first-order chi connectivity index (χ1) is 9.54. The van der Waals surface area contributed by atoms with E-state index in [0.29, 0.717) is 11.0 Å². The van der Waals surface area contributed by atoms with E-state index in [1.807, 2.05) is 18.2 Å². The van der Waals surface area contributed by atoms with Crippen molar-refractivity contribution in [3.05, 3.63) is 56.2 Å². The Hall–Kier alpha value is -1.20. The number of halogens is 2. The van der Waals surface area contributed by atoms with Gasteiger partial charge in [0.1, 0.15) is 5.15 Å². The summed E-state index contributed by atoms with van der Waals surface area (Å²) >= 11 is 8.58. The van der Waals surface area contributed by atoms with Crippen molar-refractivity contribution in [1.29, 1.82) is 0 Å². The number of aryl methyl sites for hydroxylation is 2. The molecule has 0 unspecified atom stereocenters. The Balaban J connectivity index is 2.27. The molecule has 2 nitrogen and oxygen atoms in total. The zero-order valence-corrected chi connectivity index (χ0v) is 14.0. The fraction of sp³-hybridized carbons (Fsp3) is 0.125. The average molecular weight is 395 g/mol. The minimum Gasteiger partial charge on any atom is -0.228 e. The van der Waals surface area contributed by atoms with Gasteiger partial charge in [-0.3, -0.25) is 0 Å². The Labute approximate surface area is 136 Å². The molecule has 0 amide bonds. The molecule has 1 heterocycles. The average Bonchev–Trinajstić information content (AvgIpc) is 2.42. The van der Waals surface area contributed by atoms with Crippen LogP contribution in [0.3, 0.4) is 0 Å². The van der Waals surface area contributed by atoms with Crippen LogP contribution in [0.15, 0.2) is 36.4 Å². The summed E-state index contributed by atoms with van der Waals surface area (Å²) in [5, 5.41) is 1.40. The van der Waals surface area contributed by atoms with Gasteiger partial charge in [-0.2, -0.15) is 0 Å². The molecule has 0 fully saturated rings. The van der Waals surface area contributed by atoms with Gasteiger partial charge in [0, 0.05) is 14.5 Å². The highest BCUT2D eigenvalue weighted by atomic mass is 127. The van der Waals surface area contributed by atoms with Crippen LogP contribution in [0.5, 0.6) is 0 Å². The first-order valence-corrected chi connectivity index (χ1v) is 7.71. The number of nitrogens with zero attached hydrogens (tertiary/aromatic N) is 2. The molecule has 0 spiro atoms. The monoisotopic (exact) mass is 394 g/mol. The highest BCUT2D eigenvalue weighted by Crippen LogP contribution is 2.28. The molecule has 0 radical (unpaired) electrons. The summed E-state index contributed by atoms with van der Waals surface area (Å²) in [6, 6.07) is 12.3. The van der Waals surface area contributed by atoms with E-state index >= 15 is 0 Å². The highest BCUT2D eigenvalue weighted by Gasteiger charge is 2.10. The van der Waals surface area contributed by atoms with Gasteiger partial charge in [-0.25, -0.2) is 9.97 Å². The van der Waals surface area contributed by atoms with E-state index in [4.69, 9.17) is 11.6 Å². The molecule has 100 valence electrons. The third kappa shape index (κ3) is 2.52. The number of benzene rings is 2. The molecule has 0 aliphatic rings. The summed E-state index contributed by atoms with van der Waals surface area (Å²) in [5.74, 6) is 0.685. The molecule has 3 rings (SSSR count). The second-order valence-electron chi connectivity index (χ2n) is 4.82. The lowest BCUT2D eigenvalue weighted by molar-refractivity contribution is 1.21. The predicted molar refractivity (Wildman–Crippen MR) is 92.2 cm³/mol. The topological polar surface area (TPSA) is 25.8 Å². The second kappa shape index (κ2) is 5.30. The van der Waals surface area contributed by atoms with Crippen LogP contribution in [0.4, 0.5) is 0 Å². The van der Waals surface area contributed by atoms with Gasteiger partial charge >= 0.3 is 0 Å². The van der Waals surface area contributed by atoms with Gasteiger partial charge in [0.2, 0.25) is 0 Å². The van der Waals surface area contributed by atoms with E-state index in [1.54, 1.807) is 0 Å². The van der Waals surface area contributed by atoms with Crippen molar-refractivity contribution in [3.63, 3.8) is 0 Å². The predicted octanol–water partition coefficient (Wildman–Crippen LogP) is 5.17. The molecule has 4 heteroatoms. The fourth-order valence-corrected chi connectivity index (χ4v) is 2.88. The zero-order chi connectivity index (χ0) is 14.3. The van der Waals surface area contributed by atoms with Crippen molar-refractivity contribution >= 4 is 45.1 Å². The summed E-state index contributed by atoms with van der Waals surface area (Å²) in [6.07, 6.45) is 0. The van der Waals surface area contributed by atoms with Crippen LogP contribution in [-0.4, -0.2) is 9.97 Å². The van der Waals surface area contributed by atoms with Crippen molar-refractivity contribution in [2.24, 2.45) is 0 Å². The van der Waals surface area contributed by atoms with Crippen molar-refractivity contribution in [2.75, 3.05) is 0 Å². The van der Waals surface area contributed by atoms with Crippen molar-refractivity contribution in [2.45, 2.75) is 13.8 Å². The summed E-state index contributed by atoms with van der Waals surface area (Å²) in [7, 11) is 0. The maximum absolute atomic E-state index is 6.32. The zero-order valence-electron chi connectivity index (χ0n) is 11.1. The van der Waals surface area contributed by atoms with Crippen LogP contribution < -0.4 is 0 Å².